The van der Waals surface area contributed by atoms with E-state index in [0.29, 0.717) is 34.3 Å². The van der Waals surface area contributed by atoms with E-state index < -0.39 is 12.6 Å². The van der Waals surface area contributed by atoms with Crippen LogP contribution < -0.4 is 19.5 Å². The Hall–Kier alpha value is -3.92. The number of fused-ring (bicyclic) bond motifs is 1. The number of amides is 1. The number of thioether (sulfide) groups is 1. The van der Waals surface area contributed by atoms with E-state index in [-0.39, 0.29) is 29.8 Å². The first-order chi connectivity index (χ1) is 16.5. The predicted octanol–water partition coefficient (Wildman–Crippen LogP) is 3.93. The Morgan fingerprint density at radius 1 is 1.03 bits per heavy atom. The monoisotopic (exact) mass is 483 g/mol. The average molecular weight is 483 g/mol. The third kappa shape index (κ3) is 5.70. The smallest absolute Gasteiger partial charge is 0.338 e. The predicted molar refractivity (Wildman–Crippen MR) is 124 cm³/mol. The van der Waals surface area contributed by atoms with Crippen LogP contribution >= 0.6 is 11.8 Å². The van der Waals surface area contributed by atoms with E-state index in [1.165, 1.54) is 31.0 Å². The normalized spacial score (nSPS) is 11.7. The summed E-state index contributed by atoms with van der Waals surface area (Å²) in [6.45, 7) is -0.351. The van der Waals surface area contributed by atoms with Crippen LogP contribution in [0, 0.1) is 0 Å². The number of ether oxygens (including phenoxy) is 4. The lowest BCUT2D eigenvalue weighted by atomic mass is 10.1. The van der Waals surface area contributed by atoms with Gasteiger partial charge < -0.3 is 28.7 Å². The van der Waals surface area contributed by atoms with Gasteiger partial charge >= 0.3 is 5.97 Å². The molecule has 0 fully saturated rings. The molecule has 10 heteroatoms. The maximum atomic E-state index is 12.5. The Balaban J connectivity index is 1.33. The van der Waals surface area contributed by atoms with Gasteiger partial charge in [0.15, 0.2) is 23.9 Å². The van der Waals surface area contributed by atoms with Gasteiger partial charge in [0, 0.05) is 5.56 Å². The van der Waals surface area contributed by atoms with Crippen LogP contribution in [0.2, 0.25) is 0 Å². The molecule has 176 valence electrons. The number of furan rings is 1. The van der Waals surface area contributed by atoms with E-state index in [0.717, 1.165) is 5.76 Å². The number of carbonyl (C=O) groups excluding carboxylic acids is 3. The molecular formula is C24H21NO8S. The Morgan fingerprint density at radius 3 is 2.65 bits per heavy atom. The quantitative estimate of drug-likeness (QED) is 0.338. The molecule has 1 aromatic heterocycles. The molecule has 0 unspecified atom stereocenters. The average Bonchev–Trinajstić information content (AvgIpc) is 3.53. The molecule has 2 heterocycles. The van der Waals surface area contributed by atoms with Crippen LogP contribution in [0.4, 0.5) is 5.69 Å². The van der Waals surface area contributed by atoms with Crippen molar-refractivity contribution in [1.29, 1.82) is 0 Å². The van der Waals surface area contributed by atoms with E-state index in [4.69, 9.17) is 23.4 Å². The second-order valence-electron chi connectivity index (χ2n) is 7.10. The van der Waals surface area contributed by atoms with Crippen molar-refractivity contribution in [2.24, 2.45) is 0 Å². The highest BCUT2D eigenvalue weighted by molar-refractivity contribution is 7.99. The molecule has 0 saturated carbocycles. The van der Waals surface area contributed by atoms with Gasteiger partial charge in [-0.3, -0.25) is 9.59 Å². The zero-order chi connectivity index (χ0) is 23.9. The maximum Gasteiger partial charge on any atom is 0.338 e. The van der Waals surface area contributed by atoms with E-state index in [1.807, 2.05) is 6.07 Å². The zero-order valence-corrected chi connectivity index (χ0v) is 19.0. The third-order valence-electron chi connectivity index (χ3n) is 4.80. The van der Waals surface area contributed by atoms with Crippen LogP contribution in [-0.2, 0) is 15.3 Å². The number of Topliss-reactive ketones (excluding diaryl/α,β-unsaturated/α-hetero) is 1. The Labute approximate surface area is 199 Å². The van der Waals surface area contributed by atoms with Crippen molar-refractivity contribution in [3.8, 4) is 17.2 Å². The topological polar surface area (TPSA) is 113 Å². The van der Waals surface area contributed by atoms with Gasteiger partial charge in [-0.05, 0) is 48.5 Å². The molecule has 0 atom stereocenters. The molecule has 0 saturated heterocycles. The van der Waals surface area contributed by atoms with Gasteiger partial charge in [-0.1, -0.05) is 0 Å². The highest BCUT2D eigenvalue weighted by Gasteiger charge is 2.19. The summed E-state index contributed by atoms with van der Waals surface area (Å²) < 4.78 is 26.2. The molecule has 4 rings (SSSR count). The number of ketones is 1. The minimum Gasteiger partial charge on any atom is -0.495 e. The Bertz CT molecular complexity index is 1190. The Morgan fingerprint density at radius 2 is 1.85 bits per heavy atom. The fourth-order valence-electron chi connectivity index (χ4n) is 3.13. The summed E-state index contributed by atoms with van der Waals surface area (Å²) in [4.78, 5) is 37.3. The van der Waals surface area contributed by atoms with Gasteiger partial charge in [0.2, 0.25) is 12.7 Å². The van der Waals surface area contributed by atoms with Gasteiger partial charge in [-0.2, -0.15) is 0 Å². The van der Waals surface area contributed by atoms with E-state index in [9.17, 15) is 14.4 Å². The van der Waals surface area contributed by atoms with Gasteiger partial charge in [-0.15, -0.1) is 11.8 Å². The van der Waals surface area contributed by atoms with Gasteiger partial charge in [0.25, 0.3) is 0 Å². The summed E-state index contributed by atoms with van der Waals surface area (Å²) in [6, 6.07) is 12.9. The largest absolute Gasteiger partial charge is 0.495 e. The number of rotatable bonds is 10. The van der Waals surface area contributed by atoms with Crippen LogP contribution in [-0.4, -0.2) is 43.9 Å². The number of carbonyl (C=O) groups is 3. The van der Waals surface area contributed by atoms with Crippen LogP contribution in [0.15, 0.2) is 59.2 Å². The molecule has 34 heavy (non-hydrogen) atoms. The molecule has 1 amide bonds. The molecule has 1 N–H and O–H groups in total. The molecule has 0 spiro atoms. The van der Waals surface area contributed by atoms with Crippen LogP contribution in [0.3, 0.4) is 0 Å². The van der Waals surface area contributed by atoms with Crippen molar-refractivity contribution in [2.45, 2.75) is 5.75 Å². The number of hydrogen-bond donors (Lipinski definition) is 1. The molecule has 0 radical (unpaired) electrons. The minimum atomic E-state index is -0.709. The molecule has 3 aromatic rings. The number of benzene rings is 2. The summed E-state index contributed by atoms with van der Waals surface area (Å²) in [5, 5.41) is 2.74. The zero-order valence-electron chi connectivity index (χ0n) is 18.2. The highest BCUT2D eigenvalue weighted by atomic mass is 32.2. The lowest BCUT2D eigenvalue weighted by Crippen LogP contribution is -2.17. The molecule has 1 aliphatic rings. The first-order valence-corrected chi connectivity index (χ1v) is 11.4. The maximum absolute atomic E-state index is 12.5. The number of methoxy groups -OCH3 is 1. The fraction of sp³-hybridized carbons (Fsp3) is 0.208. The van der Waals surface area contributed by atoms with Crippen molar-refractivity contribution in [2.75, 3.05) is 31.6 Å². The van der Waals surface area contributed by atoms with Crippen LogP contribution in [0.5, 0.6) is 17.2 Å². The van der Waals surface area contributed by atoms with E-state index in [1.54, 1.807) is 36.6 Å². The number of esters is 1. The van der Waals surface area contributed by atoms with Crippen molar-refractivity contribution in [3.63, 3.8) is 0 Å². The lowest BCUT2D eigenvalue weighted by molar-refractivity contribution is -0.113. The highest BCUT2D eigenvalue weighted by Crippen LogP contribution is 2.32. The van der Waals surface area contributed by atoms with Crippen LogP contribution in [0.1, 0.15) is 26.5 Å². The summed E-state index contributed by atoms with van der Waals surface area (Å²) >= 11 is 1.39. The summed E-state index contributed by atoms with van der Waals surface area (Å²) in [7, 11) is 1.46. The van der Waals surface area contributed by atoms with E-state index in [2.05, 4.69) is 5.32 Å². The standard InChI is InChI=1S/C24H21NO8S/c1-29-20-6-5-16(9-18(20)25-23(27)13-34-12-17-3-2-8-30-17)24(28)31-11-19(26)15-4-7-21-22(10-15)33-14-32-21/h2-10H,11-14H2,1H3,(H,25,27). The minimum absolute atomic E-state index is 0.0982. The summed E-state index contributed by atoms with van der Waals surface area (Å²) in [5.41, 5.74) is 0.826. The van der Waals surface area contributed by atoms with Gasteiger partial charge in [-0.25, -0.2) is 4.79 Å². The molecule has 0 aliphatic carbocycles. The second-order valence-corrected chi connectivity index (χ2v) is 8.09. The van der Waals surface area contributed by atoms with Crippen molar-refractivity contribution < 1.29 is 37.7 Å². The number of nitrogens with one attached hydrogen (secondary N) is 1. The summed E-state index contributed by atoms with van der Waals surface area (Å²) in [5.74, 6) is 1.56. The Kier molecular flexibility index (Phi) is 7.38. The first-order valence-electron chi connectivity index (χ1n) is 10.2. The van der Waals surface area contributed by atoms with Crippen molar-refractivity contribution in [1.82, 2.24) is 0 Å². The van der Waals surface area contributed by atoms with E-state index >= 15 is 0 Å². The molecule has 1 aliphatic heterocycles. The molecular weight excluding hydrogens is 462 g/mol. The first kappa shape index (κ1) is 23.2. The number of hydrogen-bond acceptors (Lipinski definition) is 9. The molecule has 9 nitrogen and oxygen atoms in total. The third-order valence-corrected chi connectivity index (χ3v) is 5.75. The fourth-order valence-corrected chi connectivity index (χ4v) is 3.85. The molecule has 2 aromatic carbocycles. The lowest BCUT2D eigenvalue weighted by Gasteiger charge is -2.12. The van der Waals surface area contributed by atoms with Gasteiger partial charge in [0.1, 0.15) is 11.5 Å². The van der Waals surface area contributed by atoms with Crippen LogP contribution in [0.25, 0.3) is 0 Å². The van der Waals surface area contributed by atoms with Gasteiger partial charge in [0.05, 0.1) is 36.1 Å². The van der Waals surface area contributed by atoms with Crippen molar-refractivity contribution >= 4 is 35.1 Å². The second kappa shape index (κ2) is 10.8. The molecule has 0 bridgehead atoms. The number of anilines is 1. The summed E-state index contributed by atoms with van der Waals surface area (Å²) in [6.07, 6.45) is 1.58. The SMILES string of the molecule is COc1ccc(C(=O)OCC(=O)c2ccc3c(c2)OCO3)cc1NC(=O)CSCc1ccco1. The van der Waals surface area contributed by atoms with Crippen molar-refractivity contribution in [3.05, 3.63) is 71.7 Å².